The summed E-state index contributed by atoms with van der Waals surface area (Å²) in [5.41, 5.74) is 2.18. The molecule has 132 valence electrons. The third kappa shape index (κ3) is 4.40. The number of esters is 1. The predicted octanol–water partition coefficient (Wildman–Crippen LogP) is 4.15. The highest BCUT2D eigenvalue weighted by Crippen LogP contribution is 2.50. The monoisotopic (exact) mass is 340 g/mol. The molecule has 1 fully saturated rings. The highest BCUT2D eigenvalue weighted by atomic mass is 16.5. The quantitative estimate of drug-likeness (QED) is 0.677. The maximum Gasteiger partial charge on any atom is 0.309 e. The molecule has 0 unspecified atom stereocenters. The first-order chi connectivity index (χ1) is 12.2. The molecule has 0 aliphatic heterocycles. The van der Waals surface area contributed by atoms with Crippen LogP contribution in [-0.2, 0) is 20.9 Å². The Morgan fingerprint density at radius 3 is 2.48 bits per heavy atom. The van der Waals surface area contributed by atoms with Gasteiger partial charge in [0.05, 0.1) is 32.3 Å². The first-order valence-corrected chi connectivity index (χ1v) is 8.69. The van der Waals surface area contributed by atoms with Gasteiger partial charge in [-0.05, 0) is 36.6 Å². The number of hydrogen-bond donors (Lipinski definition) is 0. The molecule has 2 aromatic carbocycles. The van der Waals surface area contributed by atoms with Gasteiger partial charge in [-0.3, -0.25) is 4.79 Å². The molecule has 1 saturated carbocycles. The fraction of sp³-hybridized carbons (Fsp3) is 0.381. The van der Waals surface area contributed by atoms with Crippen LogP contribution in [0.25, 0.3) is 0 Å². The standard InChI is InChI=1S/C21H24O4/c1-3-24-21(22)19-13-18(19)20(16-7-5-4-6-8-16)25-14-15-9-11-17(23-2)12-10-15/h4-12,18-20H,3,13-14H2,1-2H3/t18-,19-,20+/m1/s1. The largest absolute Gasteiger partial charge is 0.497 e. The number of carbonyl (C=O) groups excluding carboxylic acids is 1. The second-order valence-corrected chi connectivity index (χ2v) is 6.25. The fourth-order valence-corrected chi connectivity index (χ4v) is 3.09. The summed E-state index contributed by atoms with van der Waals surface area (Å²) in [5.74, 6) is 0.843. The minimum atomic E-state index is -0.110. The van der Waals surface area contributed by atoms with Gasteiger partial charge in [0.2, 0.25) is 0 Å². The van der Waals surface area contributed by atoms with Gasteiger partial charge in [-0.15, -0.1) is 0 Å². The first kappa shape index (κ1) is 17.5. The molecule has 3 rings (SSSR count). The Bertz CT molecular complexity index is 681. The molecule has 1 aliphatic rings. The Morgan fingerprint density at radius 1 is 1.12 bits per heavy atom. The molecule has 3 atom stereocenters. The van der Waals surface area contributed by atoms with E-state index in [9.17, 15) is 4.79 Å². The number of benzene rings is 2. The molecule has 4 nitrogen and oxygen atoms in total. The van der Waals surface area contributed by atoms with E-state index in [4.69, 9.17) is 14.2 Å². The number of hydrogen-bond acceptors (Lipinski definition) is 4. The minimum absolute atomic E-state index is 0.0546. The highest BCUT2D eigenvalue weighted by Gasteiger charge is 2.49. The van der Waals surface area contributed by atoms with Crippen LogP contribution in [0.3, 0.4) is 0 Å². The molecule has 0 spiro atoms. The third-order valence-corrected chi connectivity index (χ3v) is 4.53. The van der Waals surface area contributed by atoms with E-state index in [-0.39, 0.29) is 23.9 Å². The van der Waals surface area contributed by atoms with E-state index >= 15 is 0 Å². The van der Waals surface area contributed by atoms with Crippen LogP contribution in [0.15, 0.2) is 54.6 Å². The van der Waals surface area contributed by atoms with Crippen LogP contribution < -0.4 is 4.74 Å². The molecule has 0 saturated heterocycles. The average molecular weight is 340 g/mol. The van der Waals surface area contributed by atoms with Crippen LogP contribution in [-0.4, -0.2) is 19.7 Å². The Morgan fingerprint density at radius 2 is 1.84 bits per heavy atom. The Labute approximate surface area is 148 Å². The smallest absolute Gasteiger partial charge is 0.309 e. The molecular formula is C21H24O4. The normalized spacial score (nSPS) is 19.9. The molecule has 0 aromatic heterocycles. The zero-order valence-corrected chi connectivity index (χ0v) is 14.7. The Balaban J connectivity index is 1.68. The van der Waals surface area contributed by atoms with Crippen molar-refractivity contribution in [3.8, 4) is 5.75 Å². The van der Waals surface area contributed by atoms with E-state index in [1.54, 1.807) is 7.11 Å². The van der Waals surface area contributed by atoms with Gasteiger partial charge in [0.25, 0.3) is 0 Å². The minimum Gasteiger partial charge on any atom is -0.497 e. The van der Waals surface area contributed by atoms with Crippen molar-refractivity contribution in [1.29, 1.82) is 0 Å². The van der Waals surface area contributed by atoms with Crippen molar-refractivity contribution < 1.29 is 19.0 Å². The molecule has 0 amide bonds. The van der Waals surface area contributed by atoms with Crippen LogP contribution in [0.5, 0.6) is 5.75 Å². The molecule has 4 heteroatoms. The molecule has 0 heterocycles. The van der Waals surface area contributed by atoms with Crippen LogP contribution in [0.4, 0.5) is 0 Å². The van der Waals surface area contributed by atoms with Gasteiger partial charge in [-0.25, -0.2) is 0 Å². The lowest BCUT2D eigenvalue weighted by Crippen LogP contribution is -2.13. The lowest BCUT2D eigenvalue weighted by molar-refractivity contribution is -0.145. The van der Waals surface area contributed by atoms with E-state index in [0.717, 1.165) is 23.3 Å². The van der Waals surface area contributed by atoms with Gasteiger partial charge in [-0.2, -0.15) is 0 Å². The SMILES string of the molecule is CCOC(=O)[C@@H]1C[C@H]1[C@@H](OCc1ccc(OC)cc1)c1ccccc1. The van der Waals surface area contributed by atoms with Gasteiger partial charge < -0.3 is 14.2 Å². The number of ether oxygens (including phenoxy) is 3. The van der Waals surface area contributed by atoms with Crippen molar-refractivity contribution in [3.05, 3.63) is 65.7 Å². The number of carbonyl (C=O) groups is 1. The summed E-state index contributed by atoms with van der Waals surface area (Å²) < 4.78 is 16.6. The Hall–Kier alpha value is -2.33. The van der Waals surface area contributed by atoms with E-state index < -0.39 is 0 Å². The van der Waals surface area contributed by atoms with Crippen molar-refractivity contribution >= 4 is 5.97 Å². The summed E-state index contributed by atoms with van der Waals surface area (Å²) in [7, 11) is 1.65. The number of methoxy groups -OCH3 is 1. The zero-order chi connectivity index (χ0) is 17.6. The summed E-state index contributed by atoms with van der Waals surface area (Å²) in [5, 5.41) is 0. The summed E-state index contributed by atoms with van der Waals surface area (Å²) in [4.78, 5) is 12.0. The lowest BCUT2D eigenvalue weighted by atomic mass is 10.0. The van der Waals surface area contributed by atoms with Gasteiger partial charge in [0, 0.05) is 5.92 Å². The van der Waals surface area contributed by atoms with Gasteiger partial charge >= 0.3 is 5.97 Å². The zero-order valence-electron chi connectivity index (χ0n) is 14.7. The molecule has 0 bridgehead atoms. The number of rotatable bonds is 8. The molecule has 0 radical (unpaired) electrons. The summed E-state index contributed by atoms with van der Waals surface area (Å²) in [6.45, 7) is 2.75. The molecule has 25 heavy (non-hydrogen) atoms. The summed E-state index contributed by atoms with van der Waals surface area (Å²) in [6, 6.07) is 17.9. The van der Waals surface area contributed by atoms with Gasteiger partial charge in [0.15, 0.2) is 0 Å². The van der Waals surface area contributed by atoms with Crippen LogP contribution in [0, 0.1) is 11.8 Å². The van der Waals surface area contributed by atoms with Crippen LogP contribution in [0.1, 0.15) is 30.6 Å². The summed E-state index contributed by atoms with van der Waals surface area (Å²) in [6.07, 6.45) is 0.721. The van der Waals surface area contributed by atoms with Crippen molar-refractivity contribution in [2.75, 3.05) is 13.7 Å². The first-order valence-electron chi connectivity index (χ1n) is 8.69. The van der Waals surface area contributed by atoms with Crippen LogP contribution in [0.2, 0.25) is 0 Å². The predicted molar refractivity (Wildman–Crippen MR) is 95.2 cm³/mol. The van der Waals surface area contributed by atoms with Crippen molar-refractivity contribution in [3.63, 3.8) is 0 Å². The Kier molecular flexibility index (Phi) is 5.71. The van der Waals surface area contributed by atoms with Crippen LogP contribution >= 0.6 is 0 Å². The topological polar surface area (TPSA) is 44.8 Å². The lowest BCUT2D eigenvalue weighted by Gasteiger charge is -2.19. The van der Waals surface area contributed by atoms with E-state index in [1.807, 2.05) is 49.4 Å². The molecular weight excluding hydrogens is 316 g/mol. The maximum absolute atomic E-state index is 12.0. The van der Waals surface area contributed by atoms with E-state index in [1.165, 1.54) is 0 Å². The van der Waals surface area contributed by atoms with Crippen molar-refractivity contribution in [2.24, 2.45) is 11.8 Å². The van der Waals surface area contributed by atoms with Crippen molar-refractivity contribution in [2.45, 2.75) is 26.1 Å². The van der Waals surface area contributed by atoms with Gasteiger partial charge in [0.1, 0.15) is 5.75 Å². The average Bonchev–Trinajstić information content (AvgIpc) is 3.44. The maximum atomic E-state index is 12.0. The molecule has 0 N–H and O–H groups in total. The van der Waals surface area contributed by atoms with Crippen molar-refractivity contribution in [1.82, 2.24) is 0 Å². The highest BCUT2D eigenvalue weighted by molar-refractivity contribution is 5.75. The molecule has 1 aliphatic carbocycles. The second kappa shape index (κ2) is 8.17. The second-order valence-electron chi connectivity index (χ2n) is 6.25. The van der Waals surface area contributed by atoms with E-state index in [0.29, 0.717) is 13.2 Å². The van der Waals surface area contributed by atoms with E-state index in [2.05, 4.69) is 12.1 Å². The summed E-state index contributed by atoms with van der Waals surface area (Å²) >= 11 is 0. The molecule has 2 aromatic rings. The fourth-order valence-electron chi connectivity index (χ4n) is 3.09. The third-order valence-electron chi connectivity index (χ3n) is 4.53. The van der Waals surface area contributed by atoms with Gasteiger partial charge in [-0.1, -0.05) is 42.5 Å².